The molecule has 0 saturated carbocycles. The Morgan fingerprint density at radius 3 is 2.88 bits per heavy atom. The molecule has 0 bridgehead atoms. The molecule has 1 aliphatic rings. The fourth-order valence-electron chi connectivity index (χ4n) is 3.05. The molecule has 0 amide bonds. The molecule has 1 aliphatic heterocycles. The second kappa shape index (κ2) is 6.34. The monoisotopic (exact) mass is 344 g/mol. The van der Waals surface area contributed by atoms with Crippen molar-refractivity contribution < 1.29 is 14.0 Å². The summed E-state index contributed by atoms with van der Waals surface area (Å²) >= 11 is 0. The highest BCUT2D eigenvalue weighted by atomic mass is 19.1. The molecule has 1 unspecified atom stereocenters. The quantitative estimate of drug-likeness (QED) is 0.741. The van der Waals surface area contributed by atoms with Crippen LogP contribution in [0.15, 0.2) is 41.2 Å². The highest BCUT2D eigenvalue weighted by Gasteiger charge is 2.37. The summed E-state index contributed by atoms with van der Waals surface area (Å²) in [5.74, 6) is 0.576. The van der Waals surface area contributed by atoms with E-state index in [0.29, 0.717) is 43.3 Å². The number of hydrogen-bond acceptors (Lipinski definition) is 7. The third-order valence-corrected chi connectivity index (χ3v) is 4.27. The maximum absolute atomic E-state index is 13.0. The second-order valence-corrected chi connectivity index (χ2v) is 6.30. The molecule has 8 nitrogen and oxygen atoms in total. The number of nitrogens with zero attached hydrogens (tertiary/aromatic N) is 6. The van der Waals surface area contributed by atoms with Gasteiger partial charge in [-0.05, 0) is 30.7 Å². The first-order valence-corrected chi connectivity index (χ1v) is 7.97. The first kappa shape index (κ1) is 15.9. The van der Waals surface area contributed by atoms with E-state index in [4.69, 9.17) is 4.52 Å². The maximum Gasteiger partial charge on any atom is 0.241 e. The third kappa shape index (κ3) is 3.57. The molecule has 130 valence electrons. The van der Waals surface area contributed by atoms with Gasteiger partial charge in [-0.2, -0.15) is 4.98 Å². The number of aliphatic hydroxyl groups is 1. The van der Waals surface area contributed by atoms with Gasteiger partial charge in [-0.1, -0.05) is 10.4 Å². The summed E-state index contributed by atoms with van der Waals surface area (Å²) in [5.41, 5.74) is -0.159. The van der Waals surface area contributed by atoms with Crippen molar-refractivity contribution in [2.45, 2.75) is 25.1 Å². The van der Waals surface area contributed by atoms with Crippen LogP contribution in [0.4, 0.5) is 4.39 Å². The Balaban J connectivity index is 1.39. The minimum atomic E-state index is -0.854. The van der Waals surface area contributed by atoms with Crippen molar-refractivity contribution in [2.75, 3.05) is 13.1 Å². The highest BCUT2D eigenvalue weighted by molar-refractivity contribution is 5.53. The van der Waals surface area contributed by atoms with Crippen molar-refractivity contribution >= 4 is 0 Å². The zero-order chi connectivity index (χ0) is 17.3. The van der Waals surface area contributed by atoms with Crippen LogP contribution in [-0.2, 0) is 13.1 Å². The standard InChI is InChI=1S/C16H17FN6O2/c17-13-3-1-12(2-4-13)15-19-14(25-20-15)9-22-7-5-16(24,10-22)11-23-8-6-18-21-23/h1-4,6,8,24H,5,7,9-11H2. The third-order valence-electron chi connectivity index (χ3n) is 4.27. The lowest BCUT2D eigenvalue weighted by Crippen LogP contribution is -2.37. The lowest BCUT2D eigenvalue weighted by atomic mass is 10.0. The van der Waals surface area contributed by atoms with Crippen molar-refractivity contribution in [3.05, 3.63) is 48.4 Å². The van der Waals surface area contributed by atoms with E-state index >= 15 is 0 Å². The lowest BCUT2D eigenvalue weighted by Gasteiger charge is -2.22. The number of aromatic nitrogens is 5. The largest absolute Gasteiger partial charge is 0.387 e. The first-order valence-electron chi connectivity index (χ1n) is 7.97. The Labute approximate surface area is 142 Å². The van der Waals surface area contributed by atoms with Crippen LogP contribution in [-0.4, -0.2) is 53.8 Å². The fraction of sp³-hybridized carbons (Fsp3) is 0.375. The van der Waals surface area contributed by atoms with Gasteiger partial charge in [-0.3, -0.25) is 4.90 Å². The number of likely N-dealkylation sites (tertiary alicyclic amines) is 1. The summed E-state index contributed by atoms with van der Waals surface area (Å²) < 4.78 is 19.9. The Hall–Kier alpha value is -2.65. The molecule has 0 spiro atoms. The van der Waals surface area contributed by atoms with Crippen LogP contribution in [0.25, 0.3) is 11.4 Å². The summed E-state index contributed by atoms with van der Waals surface area (Å²) in [5, 5.41) is 22.3. The minimum absolute atomic E-state index is 0.309. The normalized spacial score (nSPS) is 21.0. The van der Waals surface area contributed by atoms with Gasteiger partial charge in [0, 0.05) is 24.8 Å². The van der Waals surface area contributed by atoms with E-state index in [1.54, 1.807) is 29.2 Å². The molecule has 1 aromatic carbocycles. The number of halogens is 1. The van der Waals surface area contributed by atoms with Crippen molar-refractivity contribution in [1.29, 1.82) is 0 Å². The van der Waals surface area contributed by atoms with Crippen LogP contribution in [0.5, 0.6) is 0 Å². The maximum atomic E-state index is 13.0. The molecule has 0 aliphatic carbocycles. The van der Waals surface area contributed by atoms with Crippen LogP contribution in [0, 0.1) is 5.82 Å². The van der Waals surface area contributed by atoms with Crippen LogP contribution < -0.4 is 0 Å². The Morgan fingerprint density at radius 2 is 2.12 bits per heavy atom. The van der Waals surface area contributed by atoms with Gasteiger partial charge in [0.1, 0.15) is 5.82 Å². The van der Waals surface area contributed by atoms with Gasteiger partial charge in [0.15, 0.2) is 0 Å². The molecular formula is C16H17FN6O2. The summed E-state index contributed by atoms with van der Waals surface area (Å²) in [6.45, 7) is 2.06. The van der Waals surface area contributed by atoms with Gasteiger partial charge in [-0.15, -0.1) is 5.10 Å². The summed E-state index contributed by atoms with van der Waals surface area (Å²) in [6.07, 6.45) is 3.95. The molecule has 1 N–H and O–H groups in total. The van der Waals surface area contributed by atoms with Gasteiger partial charge in [-0.25, -0.2) is 9.07 Å². The van der Waals surface area contributed by atoms with E-state index in [1.807, 2.05) is 0 Å². The van der Waals surface area contributed by atoms with Gasteiger partial charge in [0.2, 0.25) is 11.7 Å². The van der Waals surface area contributed by atoms with Crippen LogP contribution in [0.1, 0.15) is 12.3 Å². The van der Waals surface area contributed by atoms with E-state index in [9.17, 15) is 9.50 Å². The fourth-order valence-corrected chi connectivity index (χ4v) is 3.05. The van der Waals surface area contributed by atoms with Crippen molar-refractivity contribution in [2.24, 2.45) is 0 Å². The molecule has 0 radical (unpaired) electrons. The first-order chi connectivity index (χ1) is 12.1. The Kier molecular flexibility index (Phi) is 4.02. The number of rotatable bonds is 5. The smallest absolute Gasteiger partial charge is 0.241 e. The summed E-state index contributed by atoms with van der Waals surface area (Å²) in [4.78, 5) is 6.40. The SMILES string of the molecule is OC1(Cn2ccnn2)CCN(Cc2nc(-c3ccc(F)cc3)no2)C1. The van der Waals surface area contributed by atoms with Crippen molar-refractivity contribution in [1.82, 2.24) is 30.0 Å². The van der Waals surface area contributed by atoms with Gasteiger partial charge in [0.05, 0.1) is 24.9 Å². The zero-order valence-corrected chi connectivity index (χ0v) is 13.4. The Bertz CT molecular complexity index is 835. The molecular weight excluding hydrogens is 327 g/mol. The molecule has 25 heavy (non-hydrogen) atoms. The predicted molar refractivity (Wildman–Crippen MR) is 84.6 cm³/mol. The Morgan fingerprint density at radius 1 is 1.28 bits per heavy atom. The van der Waals surface area contributed by atoms with E-state index in [2.05, 4.69) is 25.4 Å². The minimum Gasteiger partial charge on any atom is -0.387 e. The van der Waals surface area contributed by atoms with Crippen LogP contribution in [0.3, 0.4) is 0 Å². The van der Waals surface area contributed by atoms with Crippen LogP contribution >= 0.6 is 0 Å². The van der Waals surface area contributed by atoms with Gasteiger partial charge < -0.3 is 9.63 Å². The van der Waals surface area contributed by atoms with Crippen LogP contribution in [0.2, 0.25) is 0 Å². The average Bonchev–Trinajstić information content (AvgIpc) is 3.32. The topological polar surface area (TPSA) is 93.1 Å². The van der Waals surface area contributed by atoms with Gasteiger partial charge >= 0.3 is 0 Å². The average molecular weight is 344 g/mol. The molecule has 3 heterocycles. The second-order valence-electron chi connectivity index (χ2n) is 6.30. The molecule has 1 saturated heterocycles. The number of hydrogen-bond donors (Lipinski definition) is 1. The lowest BCUT2D eigenvalue weighted by molar-refractivity contribution is 0.0265. The zero-order valence-electron chi connectivity index (χ0n) is 13.4. The molecule has 1 fully saturated rings. The molecule has 1 atom stereocenters. The van der Waals surface area contributed by atoms with E-state index in [-0.39, 0.29) is 5.82 Å². The summed E-state index contributed by atoms with van der Waals surface area (Å²) in [6, 6.07) is 5.93. The highest BCUT2D eigenvalue weighted by Crippen LogP contribution is 2.25. The van der Waals surface area contributed by atoms with E-state index in [0.717, 1.165) is 6.54 Å². The molecule has 2 aromatic heterocycles. The van der Waals surface area contributed by atoms with Crippen molar-refractivity contribution in [3.8, 4) is 11.4 Å². The molecule has 4 rings (SSSR count). The predicted octanol–water partition coefficient (Wildman–Crippen LogP) is 1.10. The molecule has 9 heteroatoms. The number of β-amino-alcohol motifs (C(OH)–C–C–N with tert-alkyl or cyclic N) is 1. The molecule has 3 aromatic rings. The van der Waals surface area contributed by atoms with Crippen molar-refractivity contribution in [3.63, 3.8) is 0 Å². The van der Waals surface area contributed by atoms with E-state index in [1.165, 1.54) is 12.1 Å². The van der Waals surface area contributed by atoms with E-state index < -0.39 is 5.60 Å². The van der Waals surface area contributed by atoms with Gasteiger partial charge in [0.25, 0.3) is 0 Å². The summed E-state index contributed by atoms with van der Waals surface area (Å²) in [7, 11) is 0. The number of benzene rings is 1.